The fourth-order valence-corrected chi connectivity index (χ4v) is 6.37. The fourth-order valence-electron chi connectivity index (χ4n) is 1.23. The van der Waals surface area contributed by atoms with E-state index in [2.05, 4.69) is 13.8 Å². The first-order chi connectivity index (χ1) is 5.24. The normalized spacial score (nSPS) is 11.0. The molecule has 3 nitrogen and oxygen atoms in total. The Balaban J connectivity index is 0. The van der Waals surface area contributed by atoms with Crippen LogP contribution in [0, 0.1) is 0 Å². The van der Waals surface area contributed by atoms with Crippen LogP contribution >= 0.6 is 0 Å². The van der Waals surface area contributed by atoms with E-state index in [0.717, 1.165) is 23.7 Å². The monoisotopic (exact) mass is 240 g/mol. The smallest absolute Gasteiger partial charge is 0.412 e. The third-order valence-electron chi connectivity index (χ3n) is 1.89. The molecule has 76 valence electrons. The Kier molecular flexibility index (Phi) is 10.00. The summed E-state index contributed by atoms with van der Waals surface area (Å²) in [5.74, 6) is 0. The molecule has 0 aliphatic carbocycles. The van der Waals surface area contributed by atoms with Crippen LogP contribution in [-0.2, 0) is 7.53 Å². The summed E-state index contributed by atoms with van der Waals surface area (Å²) in [4.78, 5) is 0. The Bertz CT molecular complexity index is 86.3. The Morgan fingerprint density at radius 1 is 0.833 bits per heavy atom. The van der Waals surface area contributed by atoms with Gasteiger partial charge in [0, 0.05) is 0 Å². The van der Waals surface area contributed by atoms with E-state index in [1.807, 2.05) is 13.8 Å². The van der Waals surface area contributed by atoms with Crippen molar-refractivity contribution in [3.05, 3.63) is 0 Å². The minimum absolute atomic E-state index is 0. The van der Waals surface area contributed by atoms with Crippen molar-refractivity contribution in [1.29, 1.82) is 0 Å². The van der Waals surface area contributed by atoms with E-state index in [1.165, 1.54) is 0 Å². The van der Waals surface area contributed by atoms with Crippen molar-refractivity contribution in [1.82, 2.24) is 0 Å². The molecular weight excluding hydrogens is 217 g/mol. The molecule has 0 radical (unpaired) electrons. The van der Waals surface area contributed by atoms with Gasteiger partial charge in [-0.1, -0.05) is 0 Å². The predicted octanol–water partition coefficient (Wildman–Crippen LogP) is 1.72. The van der Waals surface area contributed by atoms with Gasteiger partial charge in [-0.25, -0.2) is 0 Å². The largest absolute Gasteiger partial charge is 0.412 e. The molecular formula is C8H22GeO3. The second-order valence-electron chi connectivity index (χ2n) is 2.48. The molecule has 0 rings (SSSR count). The van der Waals surface area contributed by atoms with Crippen LogP contribution in [-0.4, -0.2) is 32.6 Å². The maximum atomic E-state index is 5.73. The first kappa shape index (κ1) is 14.9. The van der Waals surface area contributed by atoms with Crippen LogP contribution in [0.1, 0.15) is 27.7 Å². The Hall–Kier alpha value is 0.423. The summed E-state index contributed by atoms with van der Waals surface area (Å²) < 4.78 is 11.5. The SMILES string of the molecule is CC[O][Ge]([CH2]C)([CH2]C)[O]CC.O. The maximum absolute atomic E-state index is 5.73. The quantitative estimate of drug-likeness (QED) is 0.662. The van der Waals surface area contributed by atoms with Crippen LogP contribution in [0.3, 0.4) is 0 Å². The standard InChI is InChI=1S/C8H20GeO2.H2O/c1-5-9(6-2,10-7-3)11-8-4;/h5-8H2,1-4H3;1H2. The van der Waals surface area contributed by atoms with Gasteiger partial charge in [-0.05, 0) is 0 Å². The molecule has 12 heavy (non-hydrogen) atoms. The van der Waals surface area contributed by atoms with Gasteiger partial charge < -0.3 is 5.48 Å². The van der Waals surface area contributed by atoms with E-state index in [0.29, 0.717) is 0 Å². The summed E-state index contributed by atoms with van der Waals surface area (Å²) in [5.41, 5.74) is 0. The van der Waals surface area contributed by atoms with Gasteiger partial charge in [-0.15, -0.1) is 0 Å². The van der Waals surface area contributed by atoms with E-state index < -0.39 is 13.9 Å². The second-order valence-corrected chi connectivity index (χ2v) is 10.5. The third-order valence-corrected chi connectivity index (χ3v) is 9.83. The number of rotatable bonds is 6. The minimum Gasteiger partial charge on any atom is -0.412 e. The van der Waals surface area contributed by atoms with Crippen molar-refractivity contribution < 1.29 is 13.0 Å². The van der Waals surface area contributed by atoms with Gasteiger partial charge in [0.15, 0.2) is 0 Å². The van der Waals surface area contributed by atoms with Crippen molar-refractivity contribution in [2.75, 3.05) is 13.2 Å². The van der Waals surface area contributed by atoms with Gasteiger partial charge in [-0.3, -0.25) is 0 Å². The van der Waals surface area contributed by atoms with Crippen LogP contribution in [0.25, 0.3) is 0 Å². The third kappa shape index (κ3) is 4.45. The van der Waals surface area contributed by atoms with Gasteiger partial charge in [0.05, 0.1) is 0 Å². The zero-order valence-electron chi connectivity index (χ0n) is 8.64. The van der Waals surface area contributed by atoms with Gasteiger partial charge in [0.2, 0.25) is 0 Å². The van der Waals surface area contributed by atoms with Crippen LogP contribution in [0.5, 0.6) is 0 Å². The van der Waals surface area contributed by atoms with Crippen molar-refractivity contribution in [2.45, 2.75) is 38.2 Å². The van der Waals surface area contributed by atoms with Gasteiger partial charge in [-0.2, -0.15) is 0 Å². The Labute approximate surface area is 78.8 Å². The zero-order valence-corrected chi connectivity index (χ0v) is 10.7. The zero-order chi connectivity index (χ0) is 8.74. The first-order valence-corrected chi connectivity index (χ1v) is 9.20. The van der Waals surface area contributed by atoms with Crippen LogP contribution in [0.4, 0.5) is 0 Å². The fraction of sp³-hybridized carbons (Fsp3) is 1.00. The summed E-state index contributed by atoms with van der Waals surface area (Å²) >= 11 is -2.24. The summed E-state index contributed by atoms with van der Waals surface area (Å²) in [5, 5.41) is 2.22. The molecule has 2 N–H and O–H groups in total. The second kappa shape index (κ2) is 8.04. The van der Waals surface area contributed by atoms with E-state index in [-0.39, 0.29) is 5.48 Å². The maximum Gasteiger partial charge on any atom is -0.412 e. The van der Waals surface area contributed by atoms with Crippen molar-refractivity contribution in [2.24, 2.45) is 0 Å². The summed E-state index contributed by atoms with van der Waals surface area (Å²) in [7, 11) is 0. The van der Waals surface area contributed by atoms with Gasteiger partial charge in [0.1, 0.15) is 0 Å². The van der Waals surface area contributed by atoms with E-state index in [9.17, 15) is 0 Å². The molecule has 0 aromatic heterocycles. The molecule has 0 heterocycles. The molecule has 0 aromatic rings. The van der Waals surface area contributed by atoms with Crippen LogP contribution in [0.15, 0.2) is 0 Å². The molecule has 0 aliphatic heterocycles. The molecule has 0 amide bonds. The van der Waals surface area contributed by atoms with Crippen molar-refractivity contribution in [3.63, 3.8) is 0 Å². The van der Waals surface area contributed by atoms with E-state index >= 15 is 0 Å². The van der Waals surface area contributed by atoms with Gasteiger partial charge in [0.25, 0.3) is 0 Å². The summed E-state index contributed by atoms with van der Waals surface area (Å²) in [6.07, 6.45) is 0. The van der Waals surface area contributed by atoms with Crippen molar-refractivity contribution in [3.8, 4) is 0 Å². The molecule has 0 fully saturated rings. The molecule has 0 saturated carbocycles. The predicted molar refractivity (Wildman–Crippen MR) is 53.6 cm³/mol. The Morgan fingerprint density at radius 3 is 1.33 bits per heavy atom. The van der Waals surface area contributed by atoms with Crippen LogP contribution in [0.2, 0.25) is 10.5 Å². The van der Waals surface area contributed by atoms with E-state index in [1.54, 1.807) is 0 Å². The average molecular weight is 239 g/mol. The van der Waals surface area contributed by atoms with Gasteiger partial charge >= 0.3 is 72.9 Å². The molecule has 0 spiro atoms. The molecule has 0 atom stereocenters. The first-order valence-electron chi connectivity index (χ1n) is 4.52. The average Bonchev–Trinajstić information content (AvgIpc) is 2.04. The molecule has 4 heteroatoms. The summed E-state index contributed by atoms with van der Waals surface area (Å²) in [6, 6.07) is 0. The topological polar surface area (TPSA) is 50.0 Å². The molecule has 0 aromatic carbocycles. The Morgan fingerprint density at radius 2 is 1.17 bits per heavy atom. The molecule has 0 saturated heterocycles. The number of hydrogen-bond acceptors (Lipinski definition) is 2. The molecule has 0 bridgehead atoms. The van der Waals surface area contributed by atoms with E-state index in [4.69, 9.17) is 7.53 Å². The minimum atomic E-state index is -2.24. The molecule has 0 aliphatic rings. The van der Waals surface area contributed by atoms with Crippen LogP contribution < -0.4 is 0 Å². The van der Waals surface area contributed by atoms with Crippen molar-refractivity contribution >= 4 is 13.9 Å². The molecule has 0 unspecified atom stereocenters. The summed E-state index contributed by atoms with van der Waals surface area (Å²) in [6.45, 7) is 10.1. The number of hydrogen-bond donors (Lipinski definition) is 0.